The Bertz CT molecular complexity index is 802. The molecule has 9 heteroatoms. The highest BCUT2D eigenvalue weighted by Gasteiger charge is 2.24. The van der Waals surface area contributed by atoms with Crippen molar-refractivity contribution in [3.63, 3.8) is 0 Å². The fraction of sp³-hybridized carbons (Fsp3) is 0.556. The number of amides is 1. The zero-order valence-electron chi connectivity index (χ0n) is 15.7. The number of sulfonamides is 1. The van der Waals surface area contributed by atoms with Crippen molar-refractivity contribution in [2.75, 3.05) is 20.7 Å². The van der Waals surface area contributed by atoms with E-state index in [9.17, 15) is 18.0 Å². The van der Waals surface area contributed by atoms with E-state index < -0.39 is 22.6 Å². The van der Waals surface area contributed by atoms with Gasteiger partial charge in [0.2, 0.25) is 10.0 Å². The lowest BCUT2D eigenvalue weighted by molar-refractivity contribution is -0.125. The number of benzene rings is 1. The smallest absolute Gasteiger partial charge is 0.338 e. The maximum atomic E-state index is 12.3. The summed E-state index contributed by atoms with van der Waals surface area (Å²) in [5, 5.41) is 2.87. The summed E-state index contributed by atoms with van der Waals surface area (Å²) in [4.78, 5) is 24.0. The van der Waals surface area contributed by atoms with E-state index in [2.05, 4.69) is 12.2 Å². The molecule has 0 heterocycles. The quantitative estimate of drug-likeness (QED) is 0.719. The molecule has 2 rings (SSSR count). The monoisotopic (exact) mass is 416 g/mol. The van der Waals surface area contributed by atoms with Crippen LogP contribution < -0.4 is 5.32 Å². The van der Waals surface area contributed by atoms with Crippen molar-refractivity contribution in [3.8, 4) is 0 Å². The molecular weight excluding hydrogens is 392 g/mol. The highest BCUT2D eigenvalue weighted by atomic mass is 35.5. The summed E-state index contributed by atoms with van der Waals surface area (Å²) in [6, 6.07) is 3.94. The van der Waals surface area contributed by atoms with Crippen LogP contribution in [-0.2, 0) is 19.6 Å². The third-order valence-corrected chi connectivity index (χ3v) is 6.94. The molecule has 1 N–H and O–H groups in total. The number of carbonyl (C=O) groups is 2. The predicted molar refractivity (Wildman–Crippen MR) is 102 cm³/mol. The lowest BCUT2D eigenvalue weighted by atomic mass is 9.87. The first-order chi connectivity index (χ1) is 12.6. The molecule has 27 heavy (non-hydrogen) atoms. The van der Waals surface area contributed by atoms with Crippen molar-refractivity contribution in [2.24, 2.45) is 5.92 Å². The molecule has 0 radical (unpaired) electrons. The molecule has 0 spiro atoms. The van der Waals surface area contributed by atoms with E-state index in [0.717, 1.165) is 36.1 Å². The van der Waals surface area contributed by atoms with Crippen molar-refractivity contribution in [1.82, 2.24) is 9.62 Å². The minimum absolute atomic E-state index is 0.00419. The van der Waals surface area contributed by atoms with Crippen molar-refractivity contribution in [2.45, 2.75) is 43.5 Å². The SMILES string of the molecule is CC1CCC(NC(=O)COC(=O)c2ccc(Cl)c(S(=O)(=O)N(C)C)c2)CC1. The minimum atomic E-state index is -3.80. The molecule has 1 aliphatic carbocycles. The van der Waals surface area contributed by atoms with Crippen molar-refractivity contribution < 1.29 is 22.7 Å². The molecule has 1 saturated carbocycles. The molecule has 1 aromatic carbocycles. The number of ether oxygens (including phenoxy) is 1. The van der Waals surface area contributed by atoms with Gasteiger partial charge in [-0.2, -0.15) is 0 Å². The Morgan fingerprint density at radius 1 is 1.22 bits per heavy atom. The van der Waals surface area contributed by atoms with E-state index in [1.54, 1.807) is 0 Å². The first-order valence-electron chi connectivity index (χ1n) is 8.80. The Morgan fingerprint density at radius 2 is 1.85 bits per heavy atom. The van der Waals surface area contributed by atoms with Crippen LogP contribution in [0.2, 0.25) is 5.02 Å². The first-order valence-corrected chi connectivity index (χ1v) is 10.6. The highest BCUT2D eigenvalue weighted by Crippen LogP contribution is 2.25. The average molecular weight is 417 g/mol. The lowest BCUT2D eigenvalue weighted by Gasteiger charge is -2.26. The van der Waals surface area contributed by atoms with Gasteiger partial charge in [0.05, 0.1) is 10.6 Å². The van der Waals surface area contributed by atoms with Gasteiger partial charge in [-0.05, 0) is 49.8 Å². The molecule has 1 aliphatic rings. The Balaban J connectivity index is 1.97. The number of rotatable bonds is 6. The van der Waals surface area contributed by atoms with Gasteiger partial charge in [-0.25, -0.2) is 17.5 Å². The van der Waals surface area contributed by atoms with Crippen LogP contribution in [-0.4, -0.2) is 51.3 Å². The Morgan fingerprint density at radius 3 is 2.44 bits per heavy atom. The summed E-state index contributed by atoms with van der Waals surface area (Å²) in [6.07, 6.45) is 3.98. The van der Waals surface area contributed by atoms with Crippen molar-refractivity contribution >= 4 is 33.5 Å². The van der Waals surface area contributed by atoms with E-state index >= 15 is 0 Å². The fourth-order valence-electron chi connectivity index (χ4n) is 2.91. The number of esters is 1. The van der Waals surface area contributed by atoms with Crippen LogP contribution in [0.4, 0.5) is 0 Å². The van der Waals surface area contributed by atoms with Gasteiger partial charge >= 0.3 is 5.97 Å². The van der Waals surface area contributed by atoms with Crippen LogP contribution in [0.15, 0.2) is 23.1 Å². The summed E-state index contributed by atoms with van der Waals surface area (Å²) in [7, 11) is -1.07. The van der Waals surface area contributed by atoms with Crippen molar-refractivity contribution in [3.05, 3.63) is 28.8 Å². The third-order valence-electron chi connectivity index (χ3n) is 4.64. The van der Waals surface area contributed by atoms with Crippen LogP contribution in [0.25, 0.3) is 0 Å². The highest BCUT2D eigenvalue weighted by molar-refractivity contribution is 7.89. The summed E-state index contributed by atoms with van der Waals surface area (Å²) >= 11 is 5.95. The zero-order valence-corrected chi connectivity index (χ0v) is 17.3. The van der Waals surface area contributed by atoms with Crippen LogP contribution >= 0.6 is 11.6 Å². The normalized spacial score (nSPS) is 20.3. The number of nitrogens with one attached hydrogen (secondary N) is 1. The lowest BCUT2D eigenvalue weighted by Crippen LogP contribution is -2.39. The van der Waals surface area contributed by atoms with Gasteiger partial charge in [0, 0.05) is 20.1 Å². The average Bonchev–Trinajstić information content (AvgIpc) is 2.61. The molecule has 0 aliphatic heterocycles. The van der Waals surface area contributed by atoms with Gasteiger partial charge in [0.25, 0.3) is 5.91 Å². The Kier molecular flexibility index (Phi) is 7.25. The third kappa shape index (κ3) is 5.67. The van der Waals surface area contributed by atoms with Crippen LogP contribution in [0, 0.1) is 5.92 Å². The van der Waals surface area contributed by atoms with Crippen LogP contribution in [0.1, 0.15) is 43.0 Å². The molecule has 0 bridgehead atoms. The second-order valence-electron chi connectivity index (χ2n) is 7.03. The van der Waals surface area contributed by atoms with E-state index in [4.69, 9.17) is 16.3 Å². The standard InChI is InChI=1S/C18H25ClN2O5S/c1-12-4-7-14(8-5-12)20-17(22)11-26-18(23)13-6-9-15(19)16(10-13)27(24,25)21(2)3/h6,9-10,12,14H,4-5,7-8,11H2,1-3H3,(H,20,22). The molecule has 150 valence electrons. The minimum Gasteiger partial charge on any atom is -0.452 e. The van der Waals surface area contributed by atoms with Gasteiger partial charge in [-0.15, -0.1) is 0 Å². The molecule has 1 aromatic rings. The zero-order chi connectivity index (χ0) is 20.2. The second kappa shape index (κ2) is 9.03. The first kappa shape index (κ1) is 21.7. The number of nitrogens with zero attached hydrogens (tertiary/aromatic N) is 1. The summed E-state index contributed by atoms with van der Waals surface area (Å²) in [5.74, 6) is -0.471. The van der Waals surface area contributed by atoms with Crippen LogP contribution in [0.5, 0.6) is 0 Å². The van der Waals surface area contributed by atoms with Crippen LogP contribution in [0.3, 0.4) is 0 Å². The molecule has 1 fully saturated rings. The number of halogens is 1. The molecule has 7 nitrogen and oxygen atoms in total. The molecule has 0 saturated heterocycles. The Labute approximate surface area is 165 Å². The van der Waals surface area contributed by atoms with Gasteiger partial charge in [0.15, 0.2) is 6.61 Å². The van der Waals surface area contributed by atoms with Crippen molar-refractivity contribution in [1.29, 1.82) is 0 Å². The fourth-order valence-corrected chi connectivity index (χ4v) is 4.31. The number of carbonyl (C=O) groups excluding carboxylic acids is 2. The second-order valence-corrected chi connectivity index (χ2v) is 9.56. The summed E-state index contributed by atoms with van der Waals surface area (Å²) < 4.78 is 30.5. The molecule has 0 atom stereocenters. The van der Waals surface area contributed by atoms with Gasteiger partial charge in [-0.1, -0.05) is 18.5 Å². The van der Waals surface area contributed by atoms with E-state index in [1.807, 2.05) is 0 Å². The molecular formula is C18H25ClN2O5S. The van der Waals surface area contributed by atoms with Gasteiger partial charge < -0.3 is 10.1 Å². The molecule has 1 amide bonds. The molecule has 0 unspecified atom stereocenters. The van der Waals surface area contributed by atoms with E-state index in [1.165, 1.54) is 26.2 Å². The van der Waals surface area contributed by atoms with Gasteiger partial charge in [0.1, 0.15) is 4.90 Å². The summed E-state index contributed by atoms with van der Waals surface area (Å²) in [6.45, 7) is 1.78. The summed E-state index contributed by atoms with van der Waals surface area (Å²) in [5.41, 5.74) is 0.0131. The largest absolute Gasteiger partial charge is 0.452 e. The maximum Gasteiger partial charge on any atom is 0.338 e. The van der Waals surface area contributed by atoms with E-state index in [0.29, 0.717) is 5.92 Å². The molecule has 0 aromatic heterocycles. The topological polar surface area (TPSA) is 92.8 Å². The maximum absolute atomic E-state index is 12.3. The Hall–Kier alpha value is -1.64. The number of hydrogen-bond acceptors (Lipinski definition) is 5. The van der Waals surface area contributed by atoms with E-state index in [-0.39, 0.29) is 27.4 Å². The van der Waals surface area contributed by atoms with Gasteiger partial charge in [-0.3, -0.25) is 4.79 Å². The predicted octanol–water partition coefficient (Wildman–Crippen LogP) is 2.44. The number of hydrogen-bond donors (Lipinski definition) is 1.